The number of hydrogen-bond donors (Lipinski definition) is 2. The topological polar surface area (TPSA) is 40.5 Å². The second kappa shape index (κ2) is 8.10. The Bertz CT molecular complexity index is 185. The van der Waals surface area contributed by atoms with E-state index >= 15 is 0 Å². The third kappa shape index (κ3) is 4.59. The predicted molar refractivity (Wildman–Crippen MR) is 74.1 cm³/mol. The first-order valence-corrected chi connectivity index (χ1v) is 7.44. The third-order valence-corrected chi connectivity index (χ3v) is 3.80. The minimum atomic E-state index is -0.887. The number of hydrogen-bond acceptors (Lipinski definition) is 2. The van der Waals surface area contributed by atoms with Gasteiger partial charge in [-0.05, 0) is 25.7 Å². The molecule has 17 heavy (non-hydrogen) atoms. The van der Waals surface area contributed by atoms with E-state index in [1.54, 1.807) is 0 Å². The van der Waals surface area contributed by atoms with Crippen molar-refractivity contribution in [3.63, 3.8) is 0 Å². The van der Waals surface area contributed by atoms with Gasteiger partial charge in [0.05, 0.1) is 11.2 Å². The molecule has 1 atom stereocenters. The Hall–Kier alpha value is -0.0800. The Kier molecular flexibility index (Phi) is 8.06. The van der Waals surface area contributed by atoms with E-state index in [2.05, 4.69) is 27.7 Å². The summed E-state index contributed by atoms with van der Waals surface area (Å²) in [6.45, 7) is 8.36. The Balaban J connectivity index is 4.90. The van der Waals surface area contributed by atoms with Crippen molar-refractivity contribution in [2.24, 2.45) is 0 Å². The molecule has 2 N–H and O–H groups in total. The smallest absolute Gasteiger partial charge is 0.0933 e. The first kappa shape index (κ1) is 16.9. The molecule has 0 aliphatic carbocycles. The zero-order chi connectivity index (χ0) is 13.4. The molecule has 0 amide bonds. The molecule has 0 saturated heterocycles. The predicted octanol–water partition coefficient (Wildman–Crippen LogP) is 4.04. The van der Waals surface area contributed by atoms with Gasteiger partial charge in [0.2, 0.25) is 0 Å². The number of rotatable bonds is 10. The Morgan fingerprint density at radius 3 is 1.24 bits per heavy atom. The lowest BCUT2D eigenvalue weighted by Gasteiger charge is -2.44. The van der Waals surface area contributed by atoms with Crippen molar-refractivity contribution in [2.75, 3.05) is 0 Å². The first-order chi connectivity index (χ1) is 7.99. The fourth-order valence-corrected chi connectivity index (χ4v) is 2.89. The Morgan fingerprint density at radius 1 is 0.588 bits per heavy atom. The van der Waals surface area contributed by atoms with Crippen LogP contribution in [0.3, 0.4) is 0 Å². The Morgan fingerprint density at radius 2 is 0.941 bits per heavy atom. The molecule has 0 spiro atoms. The van der Waals surface area contributed by atoms with Crippen LogP contribution < -0.4 is 0 Å². The molecule has 0 aliphatic rings. The van der Waals surface area contributed by atoms with E-state index in [1.807, 2.05) is 0 Å². The molecule has 0 aromatic rings. The van der Waals surface area contributed by atoms with Gasteiger partial charge in [-0.15, -0.1) is 0 Å². The third-order valence-electron chi connectivity index (χ3n) is 3.80. The van der Waals surface area contributed by atoms with E-state index in [0.717, 1.165) is 38.5 Å². The maximum absolute atomic E-state index is 10.9. The zero-order valence-electron chi connectivity index (χ0n) is 12.3. The lowest BCUT2D eigenvalue weighted by molar-refractivity contribution is -0.169. The second-order valence-electron chi connectivity index (χ2n) is 5.42. The number of aliphatic hydroxyl groups is 2. The summed E-state index contributed by atoms with van der Waals surface area (Å²) in [5.41, 5.74) is -1.77. The molecule has 0 fully saturated rings. The standard InChI is InChI=1S/C15H32O2/c1-5-9-13-15(17,12-8-4)14(16,10-6-2)11-7-3/h16-17H,5-13H2,1-4H3. The zero-order valence-corrected chi connectivity index (χ0v) is 12.3. The summed E-state index contributed by atoms with van der Waals surface area (Å²) in [5, 5.41) is 21.7. The molecular formula is C15H32O2. The highest BCUT2D eigenvalue weighted by Crippen LogP contribution is 2.38. The van der Waals surface area contributed by atoms with E-state index in [-0.39, 0.29) is 0 Å². The van der Waals surface area contributed by atoms with Gasteiger partial charge >= 0.3 is 0 Å². The van der Waals surface area contributed by atoms with Crippen LogP contribution in [0.15, 0.2) is 0 Å². The maximum Gasteiger partial charge on any atom is 0.0933 e. The maximum atomic E-state index is 10.9. The van der Waals surface area contributed by atoms with Gasteiger partial charge in [0, 0.05) is 0 Å². The van der Waals surface area contributed by atoms with Crippen molar-refractivity contribution < 1.29 is 10.2 Å². The van der Waals surface area contributed by atoms with E-state index in [9.17, 15) is 10.2 Å². The summed E-state index contributed by atoms with van der Waals surface area (Å²) in [7, 11) is 0. The van der Waals surface area contributed by atoms with Crippen LogP contribution >= 0.6 is 0 Å². The molecule has 0 aromatic carbocycles. The molecule has 0 rings (SSSR count). The minimum absolute atomic E-state index is 0.709. The quantitative estimate of drug-likeness (QED) is 0.609. The van der Waals surface area contributed by atoms with Gasteiger partial charge in [-0.3, -0.25) is 0 Å². The van der Waals surface area contributed by atoms with Crippen LogP contribution in [0.2, 0.25) is 0 Å². The lowest BCUT2D eigenvalue weighted by Crippen LogP contribution is -2.54. The first-order valence-electron chi connectivity index (χ1n) is 7.44. The molecule has 0 aromatic heterocycles. The molecule has 1 unspecified atom stereocenters. The summed E-state index contributed by atoms with van der Waals surface area (Å²) in [6.07, 6.45) is 7.70. The highest BCUT2D eigenvalue weighted by molar-refractivity contribution is 4.99. The molecule has 0 radical (unpaired) electrons. The van der Waals surface area contributed by atoms with Crippen molar-refractivity contribution in [2.45, 2.75) is 96.7 Å². The SMILES string of the molecule is CCCCC(O)(CCC)C(O)(CCC)CCC. The summed E-state index contributed by atoms with van der Waals surface area (Å²) < 4.78 is 0. The fraction of sp³-hybridized carbons (Fsp3) is 1.00. The Labute approximate surface area is 107 Å². The minimum Gasteiger partial charge on any atom is -0.387 e. The van der Waals surface area contributed by atoms with E-state index < -0.39 is 11.2 Å². The van der Waals surface area contributed by atoms with Crippen LogP contribution in [0.4, 0.5) is 0 Å². The largest absolute Gasteiger partial charge is 0.387 e. The van der Waals surface area contributed by atoms with Gasteiger partial charge in [0.15, 0.2) is 0 Å². The molecule has 0 saturated carbocycles. The summed E-state index contributed by atoms with van der Waals surface area (Å²) in [6, 6.07) is 0. The number of unbranched alkanes of at least 4 members (excludes halogenated alkanes) is 1. The van der Waals surface area contributed by atoms with Crippen LogP contribution in [-0.4, -0.2) is 21.4 Å². The van der Waals surface area contributed by atoms with Crippen molar-refractivity contribution in [3.8, 4) is 0 Å². The molecule has 0 heterocycles. The normalized spacial score (nSPS) is 15.9. The van der Waals surface area contributed by atoms with Gasteiger partial charge in [0.1, 0.15) is 0 Å². The monoisotopic (exact) mass is 244 g/mol. The van der Waals surface area contributed by atoms with Crippen LogP contribution in [0, 0.1) is 0 Å². The van der Waals surface area contributed by atoms with Gasteiger partial charge in [-0.25, -0.2) is 0 Å². The van der Waals surface area contributed by atoms with E-state index in [0.29, 0.717) is 19.3 Å². The average molecular weight is 244 g/mol. The van der Waals surface area contributed by atoms with Gasteiger partial charge < -0.3 is 10.2 Å². The highest BCUT2D eigenvalue weighted by Gasteiger charge is 2.46. The molecule has 0 aliphatic heterocycles. The van der Waals surface area contributed by atoms with Crippen LogP contribution in [0.25, 0.3) is 0 Å². The van der Waals surface area contributed by atoms with Crippen LogP contribution in [0.1, 0.15) is 85.5 Å². The van der Waals surface area contributed by atoms with Crippen molar-refractivity contribution in [1.29, 1.82) is 0 Å². The summed E-state index contributed by atoms with van der Waals surface area (Å²) in [4.78, 5) is 0. The molecular weight excluding hydrogens is 212 g/mol. The van der Waals surface area contributed by atoms with Gasteiger partial charge in [-0.2, -0.15) is 0 Å². The van der Waals surface area contributed by atoms with Crippen molar-refractivity contribution >= 4 is 0 Å². The molecule has 104 valence electrons. The van der Waals surface area contributed by atoms with Gasteiger partial charge in [0.25, 0.3) is 0 Å². The van der Waals surface area contributed by atoms with E-state index in [1.165, 1.54) is 0 Å². The fourth-order valence-electron chi connectivity index (χ4n) is 2.89. The molecule has 2 nitrogen and oxygen atoms in total. The summed E-state index contributed by atoms with van der Waals surface area (Å²) >= 11 is 0. The average Bonchev–Trinajstić information content (AvgIpc) is 2.27. The summed E-state index contributed by atoms with van der Waals surface area (Å²) in [5.74, 6) is 0. The molecule has 2 heteroatoms. The van der Waals surface area contributed by atoms with Crippen LogP contribution in [-0.2, 0) is 0 Å². The second-order valence-corrected chi connectivity index (χ2v) is 5.42. The van der Waals surface area contributed by atoms with E-state index in [4.69, 9.17) is 0 Å². The van der Waals surface area contributed by atoms with Crippen molar-refractivity contribution in [1.82, 2.24) is 0 Å². The van der Waals surface area contributed by atoms with Gasteiger partial charge in [-0.1, -0.05) is 59.8 Å². The van der Waals surface area contributed by atoms with Crippen LogP contribution in [0.5, 0.6) is 0 Å². The highest BCUT2D eigenvalue weighted by atomic mass is 16.4. The van der Waals surface area contributed by atoms with Crippen molar-refractivity contribution in [3.05, 3.63) is 0 Å². The molecule has 0 bridgehead atoms. The lowest BCUT2D eigenvalue weighted by atomic mass is 9.71.